The first kappa shape index (κ1) is 20.8. The molecule has 1 aromatic rings. The van der Waals surface area contributed by atoms with Crippen LogP contribution in [0.15, 0.2) is 24.3 Å². The van der Waals surface area contributed by atoms with Gasteiger partial charge in [0, 0.05) is 18.3 Å². The maximum atomic E-state index is 13.3. The minimum Gasteiger partial charge on any atom is -0.351 e. The zero-order valence-corrected chi connectivity index (χ0v) is 17.6. The summed E-state index contributed by atoms with van der Waals surface area (Å²) in [4.78, 5) is 27.8. The average Bonchev–Trinajstić information content (AvgIpc) is 2.63. The molecule has 8 heteroatoms. The SMILES string of the molecule is Cc1ccc(N2C(=O)CN(S(C)(=O)=O)C[C@]2(C)C(=O)NC2CCCCC2)cc1. The molecular formula is C20H29N3O4S. The number of hydrogen-bond donors (Lipinski definition) is 1. The third-order valence-corrected chi connectivity index (χ3v) is 6.93. The molecule has 1 N–H and O–H groups in total. The molecule has 2 fully saturated rings. The molecule has 2 aliphatic rings. The Hall–Kier alpha value is -1.93. The van der Waals surface area contributed by atoms with Crippen molar-refractivity contribution in [3.05, 3.63) is 29.8 Å². The number of benzene rings is 1. The second-order valence-corrected chi connectivity index (χ2v) is 10.2. The fraction of sp³-hybridized carbons (Fsp3) is 0.600. The Morgan fingerprint density at radius 1 is 1.14 bits per heavy atom. The van der Waals surface area contributed by atoms with Crippen molar-refractivity contribution in [1.29, 1.82) is 0 Å². The molecule has 1 saturated carbocycles. The van der Waals surface area contributed by atoms with Gasteiger partial charge in [-0.1, -0.05) is 37.0 Å². The summed E-state index contributed by atoms with van der Waals surface area (Å²) in [6.07, 6.45) is 6.20. The first-order valence-electron chi connectivity index (χ1n) is 9.77. The van der Waals surface area contributed by atoms with Gasteiger partial charge in [-0.15, -0.1) is 0 Å². The maximum absolute atomic E-state index is 13.3. The molecule has 1 atom stereocenters. The van der Waals surface area contributed by atoms with Crippen LogP contribution in [0.3, 0.4) is 0 Å². The van der Waals surface area contributed by atoms with Gasteiger partial charge in [-0.3, -0.25) is 14.5 Å². The number of sulfonamides is 1. The van der Waals surface area contributed by atoms with Crippen LogP contribution in [0, 0.1) is 6.92 Å². The van der Waals surface area contributed by atoms with Crippen LogP contribution in [0.4, 0.5) is 5.69 Å². The average molecular weight is 408 g/mol. The number of rotatable bonds is 4. The topological polar surface area (TPSA) is 86.8 Å². The lowest BCUT2D eigenvalue weighted by molar-refractivity contribution is -0.133. The van der Waals surface area contributed by atoms with E-state index in [4.69, 9.17) is 0 Å². The number of carbonyl (C=O) groups is 2. The normalized spacial score (nSPS) is 25.0. The summed E-state index contributed by atoms with van der Waals surface area (Å²) in [5, 5.41) is 3.08. The van der Waals surface area contributed by atoms with Gasteiger partial charge >= 0.3 is 0 Å². The third kappa shape index (κ3) is 4.22. The highest BCUT2D eigenvalue weighted by Crippen LogP contribution is 2.31. The van der Waals surface area contributed by atoms with Crippen LogP contribution in [0.1, 0.15) is 44.6 Å². The van der Waals surface area contributed by atoms with E-state index in [1.54, 1.807) is 19.1 Å². The molecule has 7 nitrogen and oxygen atoms in total. The quantitative estimate of drug-likeness (QED) is 0.825. The molecule has 1 heterocycles. The summed E-state index contributed by atoms with van der Waals surface area (Å²) in [5.41, 5.74) is 0.329. The van der Waals surface area contributed by atoms with E-state index < -0.39 is 21.5 Å². The second kappa shape index (κ2) is 7.83. The number of piperazine rings is 1. The minimum absolute atomic E-state index is 0.0655. The molecule has 0 bridgehead atoms. The van der Waals surface area contributed by atoms with Crippen molar-refractivity contribution in [2.24, 2.45) is 0 Å². The van der Waals surface area contributed by atoms with E-state index in [1.165, 1.54) is 11.3 Å². The number of carbonyl (C=O) groups excluding carboxylic acids is 2. The Balaban J connectivity index is 1.96. The molecule has 0 radical (unpaired) electrons. The molecular weight excluding hydrogens is 378 g/mol. The largest absolute Gasteiger partial charge is 0.351 e. The molecule has 1 aliphatic heterocycles. The van der Waals surface area contributed by atoms with E-state index in [0.29, 0.717) is 5.69 Å². The van der Waals surface area contributed by atoms with Crippen molar-refractivity contribution in [2.45, 2.75) is 57.5 Å². The van der Waals surface area contributed by atoms with Gasteiger partial charge in [0.15, 0.2) is 0 Å². The number of hydrogen-bond acceptors (Lipinski definition) is 4. The van der Waals surface area contributed by atoms with Crippen LogP contribution in [0.25, 0.3) is 0 Å². The van der Waals surface area contributed by atoms with Crippen LogP contribution in [-0.2, 0) is 19.6 Å². The summed E-state index contributed by atoms with van der Waals surface area (Å²) in [7, 11) is -3.60. The zero-order chi connectivity index (χ0) is 20.5. The van der Waals surface area contributed by atoms with E-state index in [9.17, 15) is 18.0 Å². The van der Waals surface area contributed by atoms with Crippen LogP contribution in [0.2, 0.25) is 0 Å². The molecule has 2 amide bonds. The van der Waals surface area contributed by atoms with Crippen LogP contribution in [0.5, 0.6) is 0 Å². The van der Waals surface area contributed by atoms with E-state index in [2.05, 4.69) is 5.32 Å². The third-order valence-electron chi connectivity index (χ3n) is 5.73. The van der Waals surface area contributed by atoms with Gasteiger partial charge in [-0.25, -0.2) is 8.42 Å². The van der Waals surface area contributed by atoms with E-state index in [-0.39, 0.29) is 25.0 Å². The summed E-state index contributed by atoms with van der Waals surface area (Å²) in [6, 6.07) is 7.43. The predicted octanol–water partition coefficient (Wildman–Crippen LogP) is 1.81. The number of nitrogens with one attached hydrogen (secondary N) is 1. The number of nitrogens with zero attached hydrogens (tertiary/aromatic N) is 2. The van der Waals surface area contributed by atoms with E-state index >= 15 is 0 Å². The van der Waals surface area contributed by atoms with Crippen molar-refractivity contribution in [2.75, 3.05) is 24.2 Å². The lowest BCUT2D eigenvalue weighted by Gasteiger charge is -2.47. The molecule has 1 aromatic carbocycles. The van der Waals surface area contributed by atoms with Gasteiger partial charge < -0.3 is 5.32 Å². The summed E-state index contributed by atoms with van der Waals surface area (Å²) >= 11 is 0. The highest BCUT2D eigenvalue weighted by molar-refractivity contribution is 7.88. The molecule has 3 rings (SSSR count). The first-order chi connectivity index (χ1) is 13.1. The Morgan fingerprint density at radius 2 is 1.75 bits per heavy atom. The predicted molar refractivity (Wildman–Crippen MR) is 109 cm³/mol. The second-order valence-electron chi connectivity index (χ2n) is 8.18. The van der Waals surface area contributed by atoms with Crippen molar-refractivity contribution >= 4 is 27.5 Å². The highest BCUT2D eigenvalue weighted by Gasteiger charge is 2.50. The van der Waals surface area contributed by atoms with Gasteiger partial charge in [0.2, 0.25) is 21.8 Å². The van der Waals surface area contributed by atoms with Crippen LogP contribution < -0.4 is 10.2 Å². The lowest BCUT2D eigenvalue weighted by Crippen LogP contribution is -2.70. The zero-order valence-electron chi connectivity index (χ0n) is 16.8. The monoisotopic (exact) mass is 407 g/mol. The summed E-state index contributed by atoms with van der Waals surface area (Å²) in [6.45, 7) is 3.27. The Kier molecular flexibility index (Phi) is 5.82. The fourth-order valence-electron chi connectivity index (χ4n) is 4.09. The van der Waals surface area contributed by atoms with E-state index in [1.807, 2.05) is 19.1 Å². The smallest absolute Gasteiger partial charge is 0.247 e. The Morgan fingerprint density at radius 3 is 2.32 bits per heavy atom. The van der Waals surface area contributed by atoms with Crippen molar-refractivity contribution in [3.63, 3.8) is 0 Å². The lowest BCUT2D eigenvalue weighted by atomic mass is 9.91. The molecule has 0 unspecified atom stereocenters. The first-order valence-corrected chi connectivity index (χ1v) is 11.6. The standard InChI is InChI=1S/C20H29N3O4S/c1-15-9-11-17(12-10-15)23-18(24)13-22(28(3,26)27)14-20(23,2)19(25)21-16-7-5-4-6-8-16/h9-12,16H,4-8,13-14H2,1-3H3,(H,21,25)/t20-/m1/s1. The molecule has 1 aliphatic carbocycles. The summed E-state index contributed by atoms with van der Waals surface area (Å²) < 4.78 is 25.4. The number of anilines is 1. The molecule has 0 aromatic heterocycles. The van der Waals surface area contributed by atoms with Crippen LogP contribution >= 0.6 is 0 Å². The molecule has 154 valence electrons. The van der Waals surface area contributed by atoms with Gasteiger partial charge in [0.05, 0.1) is 12.8 Å². The van der Waals surface area contributed by atoms with Gasteiger partial charge in [0.1, 0.15) is 5.54 Å². The minimum atomic E-state index is -3.60. The van der Waals surface area contributed by atoms with Gasteiger partial charge in [-0.05, 0) is 38.8 Å². The molecule has 28 heavy (non-hydrogen) atoms. The van der Waals surface area contributed by atoms with Crippen molar-refractivity contribution < 1.29 is 18.0 Å². The van der Waals surface area contributed by atoms with Gasteiger partial charge in [-0.2, -0.15) is 4.31 Å². The highest BCUT2D eigenvalue weighted by atomic mass is 32.2. The molecule has 0 spiro atoms. The Bertz CT molecular complexity index is 847. The van der Waals surface area contributed by atoms with Crippen molar-refractivity contribution in [3.8, 4) is 0 Å². The Labute approximate surface area is 167 Å². The van der Waals surface area contributed by atoms with Gasteiger partial charge in [0.25, 0.3) is 0 Å². The fourth-order valence-corrected chi connectivity index (χ4v) is 4.92. The van der Waals surface area contributed by atoms with Crippen molar-refractivity contribution in [1.82, 2.24) is 9.62 Å². The van der Waals surface area contributed by atoms with Crippen LogP contribution in [-0.4, -0.2) is 55.5 Å². The summed E-state index contributed by atoms with van der Waals surface area (Å²) in [5.74, 6) is -0.705. The van der Waals surface area contributed by atoms with E-state index in [0.717, 1.165) is 41.8 Å². The number of amides is 2. The molecule has 1 saturated heterocycles. The maximum Gasteiger partial charge on any atom is 0.247 e. The number of aryl methyl sites for hydroxylation is 1.